The first kappa shape index (κ1) is 12.8. The maximum Gasteiger partial charge on any atom is 0.264 e. The van der Waals surface area contributed by atoms with Crippen molar-refractivity contribution in [1.29, 1.82) is 0 Å². The van der Waals surface area contributed by atoms with Crippen molar-refractivity contribution in [2.75, 3.05) is 12.1 Å². The number of hydrogen-bond acceptors (Lipinski definition) is 1. The van der Waals surface area contributed by atoms with E-state index in [0.29, 0.717) is 17.9 Å². The van der Waals surface area contributed by atoms with Gasteiger partial charge in [0.05, 0.1) is 0 Å². The van der Waals surface area contributed by atoms with Gasteiger partial charge in [-0.05, 0) is 36.8 Å². The molecule has 0 nitrogen and oxygen atoms in total. The average molecular weight is 251 g/mol. The molecule has 0 heterocycles. The van der Waals surface area contributed by atoms with Crippen LogP contribution in [0, 0.1) is 0 Å². The van der Waals surface area contributed by atoms with E-state index in [1.807, 2.05) is 12.3 Å². The highest BCUT2D eigenvalue weighted by Crippen LogP contribution is 2.28. The Balaban J connectivity index is 2.93. The fourth-order valence-electron chi connectivity index (χ4n) is 1.39. The number of benzene rings is 1. The van der Waals surface area contributed by atoms with E-state index in [4.69, 9.17) is 11.6 Å². The number of rotatable bonds is 5. The summed E-state index contributed by atoms with van der Waals surface area (Å²) in [7, 11) is 0. The summed E-state index contributed by atoms with van der Waals surface area (Å²) < 4.78 is 25.5. The van der Waals surface area contributed by atoms with Gasteiger partial charge in [0.15, 0.2) is 0 Å². The first-order chi connectivity index (χ1) is 7.19. The van der Waals surface area contributed by atoms with Crippen LogP contribution in [0.15, 0.2) is 23.1 Å². The summed E-state index contributed by atoms with van der Waals surface area (Å²) in [5, 5.41) is 0. The molecule has 0 aliphatic carbocycles. The third kappa shape index (κ3) is 3.65. The van der Waals surface area contributed by atoms with Crippen molar-refractivity contribution in [2.45, 2.75) is 24.2 Å². The average Bonchev–Trinajstić information content (AvgIpc) is 2.26. The monoisotopic (exact) mass is 250 g/mol. The van der Waals surface area contributed by atoms with Gasteiger partial charge in [0.2, 0.25) is 0 Å². The van der Waals surface area contributed by atoms with E-state index in [0.717, 1.165) is 11.3 Å². The molecule has 0 aromatic heterocycles. The Morgan fingerprint density at radius 1 is 1.40 bits per heavy atom. The number of halogens is 3. The van der Waals surface area contributed by atoms with Gasteiger partial charge in [-0.3, -0.25) is 0 Å². The first-order valence-corrected chi connectivity index (χ1v) is 6.46. The minimum Gasteiger partial charge on any atom is -0.205 e. The Labute approximate surface area is 98.0 Å². The molecule has 1 aromatic carbocycles. The number of aryl methyl sites for hydroxylation is 1. The Kier molecular flexibility index (Phi) is 5.40. The predicted octanol–water partition coefficient (Wildman–Crippen LogP) is 4.52. The molecule has 0 N–H and O–H groups in total. The fraction of sp³-hybridized carbons (Fsp3) is 0.455. The standard InChI is InChI=1S/C11H13ClF2S/c1-15-9-5-4-8(3-2-6-12)10(7-9)11(13)14/h4-5,7,11H,2-3,6H2,1H3. The molecule has 0 aliphatic heterocycles. The zero-order valence-electron chi connectivity index (χ0n) is 8.47. The van der Waals surface area contributed by atoms with Crippen molar-refractivity contribution in [2.24, 2.45) is 0 Å². The summed E-state index contributed by atoms with van der Waals surface area (Å²) in [5.41, 5.74) is 0.857. The second-order valence-electron chi connectivity index (χ2n) is 3.16. The van der Waals surface area contributed by atoms with Crippen molar-refractivity contribution in [1.82, 2.24) is 0 Å². The molecule has 1 rings (SSSR count). The van der Waals surface area contributed by atoms with Gasteiger partial charge < -0.3 is 0 Å². The summed E-state index contributed by atoms with van der Waals surface area (Å²) in [6, 6.07) is 5.22. The SMILES string of the molecule is CSc1ccc(CCCCl)c(C(F)F)c1. The normalized spacial score (nSPS) is 11.0. The summed E-state index contributed by atoms with van der Waals surface area (Å²) in [5.74, 6) is 0.507. The van der Waals surface area contributed by atoms with Crippen molar-refractivity contribution < 1.29 is 8.78 Å². The lowest BCUT2D eigenvalue weighted by molar-refractivity contribution is 0.150. The molecule has 0 saturated heterocycles. The van der Waals surface area contributed by atoms with Gasteiger partial charge in [0, 0.05) is 16.3 Å². The van der Waals surface area contributed by atoms with E-state index in [9.17, 15) is 8.78 Å². The van der Waals surface area contributed by atoms with Gasteiger partial charge in [-0.2, -0.15) is 0 Å². The van der Waals surface area contributed by atoms with E-state index < -0.39 is 6.43 Å². The molecular weight excluding hydrogens is 238 g/mol. The molecule has 1 aromatic rings. The lowest BCUT2D eigenvalue weighted by Crippen LogP contribution is -1.96. The van der Waals surface area contributed by atoms with E-state index in [2.05, 4.69) is 0 Å². The third-order valence-electron chi connectivity index (χ3n) is 2.17. The molecular formula is C11H13ClF2S. The summed E-state index contributed by atoms with van der Waals surface area (Å²) in [6.45, 7) is 0. The maximum absolute atomic E-state index is 12.7. The molecule has 0 spiro atoms. The molecule has 0 unspecified atom stereocenters. The molecule has 0 saturated carbocycles. The lowest BCUT2D eigenvalue weighted by atomic mass is 10.0. The molecule has 0 bridgehead atoms. The highest BCUT2D eigenvalue weighted by atomic mass is 35.5. The molecule has 4 heteroatoms. The zero-order valence-corrected chi connectivity index (χ0v) is 10.0. The molecule has 84 valence electrons. The first-order valence-electron chi connectivity index (χ1n) is 4.70. The van der Waals surface area contributed by atoms with Gasteiger partial charge in [-0.15, -0.1) is 23.4 Å². The second kappa shape index (κ2) is 6.33. The van der Waals surface area contributed by atoms with E-state index in [1.54, 1.807) is 12.1 Å². The van der Waals surface area contributed by atoms with Crippen LogP contribution in [0.3, 0.4) is 0 Å². The van der Waals surface area contributed by atoms with Crippen LogP contribution < -0.4 is 0 Å². The summed E-state index contributed by atoms with van der Waals surface area (Å²) in [4.78, 5) is 0.875. The van der Waals surface area contributed by atoms with Gasteiger partial charge in [0.25, 0.3) is 6.43 Å². The predicted molar refractivity (Wildman–Crippen MR) is 62.2 cm³/mol. The quantitative estimate of drug-likeness (QED) is 0.547. The summed E-state index contributed by atoms with van der Waals surface area (Å²) >= 11 is 7.02. The van der Waals surface area contributed by atoms with Gasteiger partial charge in [-0.25, -0.2) is 8.78 Å². The van der Waals surface area contributed by atoms with Crippen molar-refractivity contribution in [3.63, 3.8) is 0 Å². The number of hydrogen-bond donors (Lipinski definition) is 0. The van der Waals surface area contributed by atoms with Gasteiger partial charge in [0.1, 0.15) is 0 Å². The smallest absolute Gasteiger partial charge is 0.205 e. The topological polar surface area (TPSA) is 0 Å². The van der Waals surface area contributed by atoms with Crippen molar-refractivity contribution in [3.05, 3.63) is 29.3 Å². The zero-order chi connectivity index (χ0) is 11.3. The van der Waals surface area contributed by atoms with E-state index in [-0.39, 0.29) is 5.56 Å². The van der Waals surface area contributed by atoms with E-state index >= 15 is 0 Å². The highest BCUT2D eigenvalue weighted by Gasteiger charge is 2.13. The number of thioether (sulfide) groups is 1. The van der Waals surface area contributed by atoms with Crippen LogP contribution in [0.5, 0.6) is 0 Å². The minimum atomic E-state index is -2.40. The van der Waals surface area contributed by atoms with Crippen LogP contribution in [-0.4, -0.2) is 12.1 Å². The Hall–Kier alpha value is -0.280. The van der Waals surface area contributed by atoms with Crippen molar-refractivity contribution in [3.8, 4) is 0 Å². The Morgan fingerprint density at radius 2 is 2.13 bits per heavy atom. The van der Waals surface area contributed by atoms with Gasteiger partial charge in [-0.1, -0.05) is 6.07 Å². The summed E-state index contributed by atoms with van der Waals surface area (Å²) in [6.07, 6.45) is 0.836. The molecule has 15 heavy (non-hydrogen) atoms. The van der Waals surface area contributed by atoms with E-state index in [1.165, 1.54) is 11.8 Å². The fourth-order valence-corrected chi connectivity index (χ4v) is 1.97. The van der Waals surface area contributed by atoms with Crippen molar-refractivity contribution >= 4 is 23.4 Å². The number of alkyl halides is 3. The highest BCUT2D eigenvalue weighted by molar-refractivity contribution is 7.98. The molecule has 0 radical (unpaired) electrons. The van der Waals surface area contributed by atoms with Crippen LogP contribution in [0.4, 0.5) is 8.78 Å². The van der Waals surface area contributed by atoms with Crippen LogP contribution in [0.1, 0.15) is 24.0 Å². The molecule has 0 atom stereocenters. The molecule has 0 amide bonds. The third-order valence-corrected chi connectivity index (χ3v) is 3.16. The van der Waals surface area contributed by atoms with Crippen LogP contribution in [-0.2, 0) is 6.42 Å². The van der Waals surface area contributed by atoms with Crippen LogP contribution in [0.25, 0.3) is 0 Å². The minimum absolute atomic E-state index is 0.145. The van der Waals surface area contributed by atoms with Crippen LogP contribution in [0.2, 0.25) is 0 Å². The molecule has 0 aliphatic rings. The van der Waals surface area contributed by atoms with Crippen LogP contribution >= 0.6 is 23.4 Å². The Morgan fingerprint density at radius 3 is 2.67 bits per heavy atom. The Bertz CT molecular complexity index is 315. The second-order valence-corrected chi connectivity index (χ2v) is 4.42. The lowest BCUT2D eigenvalue weighted by Gasteiger charge is -2.09. The maximum atomic E-state index is 12.7. The molecule has 0 fully saturated rings. The largest absolute Gasteiger partial charge is 0.264 e. The van der Waals surface area contributed by atoms with Gasteiger partial charge >= 0.3 is 0 Å².